The van der Waals surface area contributed by atoms with Crippen LogP contribution in [0.15, 0.2) is 84.1 Å². The molecule has 1 aromatic rings. The molecule has 0 unspecified atom stereocenters. The maximum absolute atomic E-state index is 14.3. The molecule has 0 fully saturated rings. The minimum Gasteiger partial charge on any atom is -0.379 e. The molecule has 2 aliphatic heterocycles. The number of carbonyl (C=O) groups excluding carboxylic acids is 1. The molecule has 8 heteroatoms. The summed E-state index contributed by atoms with van der Waals surface area (Å²) in [6.07, 6.45) is 10.2. The summed E-state index contributed by atoms with van der Waals surface area (Å²) in [5.74, 6) is -1.23. The molecule has 31 heavy (non-hydrogen) atoms. The van der Waals surface area contributed by atoms with E-state index in [4.69, 9.17) is 5.26 Å². The van der Waals surface area contributed by atoms with Crippen molar-refractivity contribution in [2.24, 2.45) is 0 Å². The van der Waals surface area contributed by atoms with Gasteiger partial charge in [-0.1, -0.05) is 18.7 Å². The Labute approximate surface area is 179 Å². The Bertz CT molecular complexity index is 1110. The Morgan fingerprint density at radius 3 is 2.87 bits per heavy atom. The molecule has 0 spiro atoms. The lowest BCUT2D eigenvalue weighted by Crippen LogP contribution is -2.50. The summed E-state index contributed by atoms with van der Waals surface area (Å²) < 4.78 is 27.6. The van der Waals surface area contributed by atoms with Gasteiger partial charge in [-0.3, -0.25) is 10.2 Å². The van der Waals surface area contributed by atoms with Crippen molar-refractivity contribution in [1.29, 1.82) is 5.26 Å². The number of benzene rings is 1. The first-order valence-corrected chi connectivity index (χ1v) is 9.49. The number of nitrogens with zero attached hydrogens (tertiary/aromatic N) is 2. The highest BCUT2D eigenvalue weighted by atomic mass is 19.1. The number of carbonyl (C=O) groups is 1. The number of amides is 1. The molecule has 2 heterocycles. The van der Waals surface area contributed by atoms with Crippen LogP contribution in [0, 0.1) is 23.0 Å². The third-order valence-corrected chi connectivity index (χ3v) is 4.52. The smallest absolute Gasteiger partial charge is 0.272 e. The second-order valence-corrected chi connectivity index (χ2v) is 6.75. The van der Waals surface area contributed by atoms with Gasteiger partial charge < -0.3 is 10.6 Å². The van der Waals surface area contributed by atoms with Crippen LogP contribution in [0.2, 0.25) is 0 Å². The Balaban J connectivity index is 1.80. The van der Waals surface area contributed by atoms with Crippen LogP contribution in [0.25, 0.3) is 5.57 Å². The van der Waals surface area contributed by atoms with Crippen LogP contribution >= 0.6 is 0 Å². The number of nitrogens with one attached hydrogen (secondary N) is 3. The van der Waals surface area contributed by atoms with E-state index >= 15 is 0 Å². The van der Waals surface area contributed by atoms with Crippen molar-refractivity contribution in [3.05, 3.63) is 101 Å². The molecule has 0 aromatic heterocycles. The topological polar surface area (TPSA) is 80.2 Å². The molecule has 158 valence electrons. The third kappa shape index (κ3) is 5.08. The number of hydrogen-bond acceptors (Lipinski definition) is 5. The van der Waals surface area contributed by atoms with Gasteiger partial charge in [0.2, 0.25) is 0 Å². The Morgan fingerprint density at radius 2 is 2.16 bits per heavy atom. The number of rotatable bonds is 7. The number of hydrazine groups is 1. The minimum atomic E-state index is -0.690. The predicted octanol–water partition coefficient (Wildman–Crippen LogP) is 3.50. The molecule has 0 atom stereocenters. The summed E-state index contributed by atoms with van der Waals surface area (Å²) >= 11 is 0. The van der Waals surface area contributed by atoms with Crippen LogP contribution in [0.1, 0.15) is 18.9 Å². The zero-order chi connectivity index (χ0) is 22.4. The van der Waals surface area contributed by atoms with E-state index in [-0.39, 0.29) is 17.9 Å². The van der Waals surface area contributed by atoms with Gasteiger partial charge in [0, 0.05) is 40.4 Å². The van der Waals surface area contributed by atoms with Gasteiger partial charge in [-0.2, -0.15) is 5.26 Å². The number of halogens is 2. The van der Waals surface area contributed by atoms with Gasteiger partial charge >= 0.3 is 0 Å². The van der Waals surface area contributed by atoms with Crippen LogP contribution in [0.3, 0.4) is 0 Å². The number of nitriles is 1. The van der Waals surface area contributed by atoms with Gasteiger partial charge in [-0.25, -0.2) is 13.8 Å². The fraction of sp³-hybridized carbons (Fsp3) is 0.130. The summed E-state index contributed by atoms with van der Waals surface area (Å²) in [6.45, 7) is 5.67. The molecule has 1 amide bonds. The van der Waals surface area contributed by atoms with E-state index in [9.17, 15) is 13.6 Å². The fourth-order valence-electron chi connectivity index (χ4n) is 3.10. The Hall–Kier alpha value is -4.12. The molecule has 2 aliphatic rings. The van der Waals surface area contributed by atoms with E-state index in [2.05, 4.69) is 22.6 Å². The molecule has 3 N–H and O–H groups in total. The first-order valence-electron chi connectivity index (χ1n) is 9.49. The van der Waals surface area contributed by atoms with Gasteiger partial charge in [0.15, 0.2) is 0 Å². The van der Waals surface area contributed by atoms with Crippen LogP contribution < -0.4 is 16.1 Å². The van der Waals surface area contributed by atoms with E-state index in [1.165, 1.54) is 23.2 Å². The summed E-state index contributed by atoms with van der Waals surface area (Å²) in [5, 5.41) is 16.3. The second-order valence-electron chi connectivity index (χ2n) is 6.75. The van der Waals surface area contributed by atoms with E-state index in [0.29, 0.717) is 29.3 Å². The minimum absolute atomic E-state index is 0.223. The molecule has 0 aliphatic carbocycles. The molecule has 0 saturated heterocycles. The first-order chi connectivity index (χ1) is 14.9. The number of allylic oxidation sites excluding steroid dienone is 7. The van der Waals surface area contributed by atoms with E-state index < -0.39 is 11.6 Å². The SMILES string of the molecule is C=C/C=C(\C=C/CC#N)NCC1=CC(=O)N2NC(C)=C(c3ccc(F)cc3F)C=C2N1. The lowest BCUT2D eigenvalue weighted by Gasteiger charge is -2.35. The average molecular weight is 421 g/mol. The highest BCUT2D eigenvalue weighted by Gasteiger charge is 2.28. The summed E-state index contributed by atoms with van der Waals surface area (Å²) in [6, 6.07) is 5.40. The molecular formula is C23H21F2N5O. The maximum Gasteiger partial charge on any atom is 0.272 e. The maximum atomic E-state index is 14.3. The highest BCUT2D eigenvalue weighted by molar-refractivity contribution is 5.92. The van der Waals surface area contributed by atoms with Crippen molar-refractivity contribution < 1.29 is 13.6 Å². The summed E-state index contributed by atoms with van der Waals surface area (Å²) in [4.78, 5) is 12.6. The van der Waals surface area contributed by atoms with Crippen molar-refractivity contribution in [1.82, 2.24) is 21.1 Å². The molecular weight excluding hydrogens is 400 g/mol. The molecule has 0 radical (unpaired) electrons. The van der Waals surface area contributed by atoms with Crippen LogP contribution in [0.5, 0.6) is 0 Å². The van der Waals surface area contributed by atoms with Crippen molar-refractivity contribution in [2.45, 2.75) is 13.3 Å². The normalized spacial score (nSPS) is 16.1. The lowest BCUT2D eigenvalue weighted by molar-refractivity contribution is -0.127. The largest absolute Gasteiger partial charge is 0.379 e. The average Bonchev–Trinajstić information content (AvgIpc) is 2.73. The van der Waals surface area contributed by atoms with Crippen molar-refractivity contribution in [3.63, 3.8) is 0 Å². The zero-order valence-corrected chi connectivity index (χ0v) is 16.9. The third-order valence-electron chi connectivity index (χ3n) is 4.52. The standard InChI is InChI=1S/C23H21F2N5O/c1-3-6-17(7-4-5-10-26)27-14-18-12-23(31)30-22(28-18)13-20(15(2)29-30)19-9-8-16(24)11-21(19)25/h3-4,6-9,11-13,27-29H,1,5,14H2,2H3/b7-4-,17-6+. The van der Waals surface area contributed by atoms with E-state index in [0.717, 1.165) is 11.8 Å². The van der Waals surface area contributed by atoms with Crippen molar-refractivity contribution in [2.75, 3.05) is 6.54 Å². The first kappa shape index (κ1) is 21.6. The van der Waals surface area contributed by atoms with E-state index in [1.54, 1.807) is 37.3 Å². The second kappa shape index (κ2) is 9.59. The van der Waals surface area contributed by atoms with Crippen molar-refractivity contribution in [3.8, 4) is 6.07 Å². The summed E-state index contributed by atoms with van der Waals surface area (Å²) in [5.41, 5.74) is 5.54. The quantitative estimate of drug-likeness (QED) is 0.588. The summed E-state index contributed by atoms with van der Waals surface area (Å²) in [7, 11) is 0. The van der Waals surface area contributed by atoms with Crippen LogP contribution in [-0.4, -0.2) is 17.5 Å². The molecule has 0 bridgehead atoms. The lowest BCUT2D eigenvalue weighted by atomic mass is 10.0. The predicted molar refractivity (Wildman–Crippen MR) is 114 cm³/mol. The zero-order valence-electron chi connectivity index (χ0n) is 16.9. The Morgan fingerprint density at radius 1 is 1.35 bits per heavy atom. The monoisotopic (exact) mass is 421 g/mol. The van der Waals surface area contributed by atoms with Crippen LogP contribution in [-0.2, 0) is 4.79 Å². The van der Waals surface area contributed by atoms with Gasteiger partial charge in [0.05, 0.1) is 19.0 Å². The van der Waals surface area contributed by atoms with Gasteiger partial charge in [0.1, 0.15) is 17.5 Å². The van der Waals surface area contributed by atoms with Gasteiger partial charge in [-0.05, 0) is 37.3 Å². The molecule has 0 saturated carbocycles. The van der Waals surface area contributed by atoms with Crippen molar-refractivity contribution >= 4 is 11.5 Å². The molecule has 1 aromatic carbocycles. The molecule has 3 rings (SSSR count). The molecule has 6 nitrogen and oxygen atoms in total. The Kier molecular flexibility index (Phi) is 6.67. The van der Waals surface area contributed by atoms with Gasteiger partial charge in [-0.15, -0.1) is 0 Å². The van der Waals surface area contributed by atoms with Crippen LogP contribution in [0.4, 0.5) is 8.78 Å². The number of fused-ring (bicyclic) bond motifs is 1. The van der Waals surface area contributed by atoms with Gasteiger partial charge in [0.25, 0.3) is 5.91 Å². The number of hydrogen-bond donors (Lipinski definition) is 3. The highest BCUT2D eigenvalue weighted by Crippen LogP contribution is 2.28. The van der Waals surface area contributed by atoms with E-state index in [1.807, 2.05) is 6.07 Å². The fourth-order valence-corrected chi connectivity index (χ4v) is 3.10.